The molecule has 2 rings (SSSR count). The van der Waals surface area contributed by atoms with Crippen LogP contribution in [0.1, 0.15) is 19.4 Å². The molecule has 0 saturated carbocycles. The number of benzene rings is 2. The minimum atomic E-state index is -0.827. The van der Waals surface area contributed by atoms with Gasteiger partial charge in [-0.2, -0.15) is 0 Å². The molecular formula is C18H21NO3. The normalized spacial score (nSPS) is 12.1. The maximum absolute atomic E-state index is 11.2. The first-order valence-electron chi connectivity index (χ1n) is 7.34. The predicted octanol–water partition coefficient (Wildman–Crippen LogP) is 3.68. The van der Waals surface area contributed by atoms with E-state index in [1.807, 2.05) is 68.4 Å². The Bertz CT molecular complexity index is 611. The topological polar surface area (TPSA) is 58.6 Å². The van der Waals surface area contributed by atoms with Crippen molar-refractivity contribution in [1.82, 2.24) is 5.32 Å². The van der Waals surface area contributed by atoms with E-state index in [9.17, 15) is 9.90 Å². The fourth-order valence-corrected chi connectivity index (χ4v) is 2.18. The average Bonchev–Trinajstić information content (AvgIpc) is 2.48. The molecule has 0 aromatic heterocycles. The molecule has 0 aliphatic heterocycles. The highest BCUT2D eigenvalue weighted by Gasteiger charge is 2.20. The van der Waals surface area contributed by atoms with Crippen molar-refractivity contribution in [2.24, 2.45) is 5.92 Å². The van der Waals surface area contributed by atoms with Crippen LogP contribution in [-0.4, -0.2) is 17.1 Å². The van der Waals surface area contributed by atoms with Gasteiger partial charge in [0.15, 0.2) is 0 Å². The molecule has 0 heterocycles. The third kappa shape index (κ3) is 4.60. The molecule has 0 unspecified atom stereocenters. The van der Waals surface area contributed by atoms with Crippen LogP contribution in [0.4, 0.5) is 0 Å². The zero-order valence-electron chi connectivity index (χ0n) is 12.8. The summed E-state index contributed by atoms with van der Waals surface area (Å²) in [5.41, 5.74) is 0.986. The second-order valence-corrected chi connectivity index (χ2v) is 5.50. The van der Waals surface area contributed by atoms with Gasteiger partial charge in [-0.1, -0.05) is 44.2 Å². The number of carbonyl (C=O) groups is 1. The fourth-order valence-electron chi connectivity index (χ4n) is 2.18. The van der Waals surface area contributed by atoms with Gasteiger partial charge in [0.05, 0.1) is 0 Å². The molecule has 0 aliphatic rings. The molecule has 0 bridgehead atoms. The van der Waals surface area contributed by atoms with E-state index in [2.05, 4.69) is 5.32 Å². The molecule has 2 N–H and O–H groups in total. The molecule has 4 heteroatoms. The van der Waals surface area contributed by atoms with Gasteiger partial charge in [-0.25, -0.2) is 0 Å². The molecule has 0 spiro atoms. The summed E-state index contributed by atoms with van der Waals surface area (Å²) < 4.78 is 5.78. The van der Waals surface area contributed by atoms with Crippen LogP contribution in [0, 0.1) is 5.92 Å². The van der Waals surface area contributed by atoms with Gasteiger partial charge in [-0.15, -0.1) is 0 Å². The third-order valence-corrected chi connectivity index (χ3v) is 3.34. The number of para-hydroxylation sites is 1. The van der Waals surface area contributed by atoms with E-state index >= 15 is 0 Å². The SMILES string of the molecule is CC(C)[C@H](NCc1cccc(Oc2ccccc2)c1)C(=O)O. The molecule has 1 atom stereocenters. The minimum absolute atomic E-state index is 0.0289. The Morgan fingerprint density at radius 1 is 1.09 bits per heavy atom. The number of carboxylic acid groups (broad SMARTS) is 1. The summed E-state index contributed by atoms with van der Waals surface area (Å²) in [6, 6.07) is 16.7. The van der Waals surface area contributed by atoms with Gasteiger partial charge in [0.1, 0.15) is 17.5 Å². The predicted molar refractivity (Wildman–Crippen MR) is 86.1 cm³/mol. The molecule has 0 amide bonds. The maximum Gasteiger partial charge on any atom is 0.320 e. The van der Waals surface area contributed by atoms with Gasteiger partial charge in [0.2, 0.25) is 0 Å². The van der Waals surface area contributed by atoms with E-state index in [-0.39, 0.29) is 5.92 Å². The Labute approximate surface area is 130 Å². The summed E-state index contributed by atoms with van der Waals surface area (Å²) >= 11 is 0. The van der Waals surface area contributed by atoms with Crippen molar-refractivity contribution in [2.45, 2.75) is 26.4 Å². The second-order valence-electron chi connectivity index (χ2n) is 5.50. The van der Waals surface area contributed by atoms with Crippen LogP contribution in [0.3, 0.4) is 0 Å². The van der Waals surface area contributed by atoms with E-state index in [0.717, 1.165) is 17.1 Å². The average molecular weight is 299 g/mol. The number of aliphatic carboxylic acids is 1. The first kappa shape index (κ1) is 16.0. The van der Waals surface area contributed by atoms with Crippen molar-refractivity contribution in [3.8, 4) is 11.5 Å². The lowest BCUT2D eigenvalue weighted by molar-refractivity contribution is -0.140. The standard InChI is InChI=1S/C18H21NO3/c1-13(2)17(18(20)21)19-12-14-7-6-10-16(11-14)22-15-8-4-3-5-9-15/h3-11,13,17,19H,12H2,1-2H3,(H,20,21)/t17-/m0/s1. The third-order valence-electron chi connectivity index (χ3n) is 3.34. The Kier molecular flexibility index (Phi) is 5.55. The largest absolute Gasteiger partial charge is 0.480 e. The number of rotatable bonds is 7. The summed E-state index contributed by atoms with van der Waals surface area (Å²) in [4.78, 5) is 11.2. The van der Waals surface area contributed by atoms with Gasteiger partial charge in [-0.05, 0) is 35.7 Å². The van der Waals surface area contributed by atoms with Crippen LogP contribution in [0.15, 0.2) is 54.6 Å². The van der Waals surface area contributed by atoms with Crippen molar-refractivity contribution in [3.63, 3.8) is 0 Å². The summed E-state index contributed by atoms with van der Waals surface area (Å²) in [5, 5.41) is 12.3. The molecule has 4 nitrogen and oxygen atoms in total. The van der Waals surface area contributed by atoms with Crippen molar-refractivity contribution >= 4 is 5.97 Å². The highest BCUT2D eigenvalue weighted by atomic mass is 16.5. The summed E-state index contributed by atoms with van der Waals surface area (Å²) in [6.45, 7) is 4.27. The smallest absolute Gasteiger partial charge is 0.320 e. The Hall–Kier alpha value is -2.33. The van der Waals surface area contributed by atoms with Gasteiger partial charge in [0.25, 0.3) is 0 Å². The molecule has 0 radical (unpaired) electrons. The lowest BCUT2D eigenvalue weighted by atomic mass is 10.0. The maximum atomic E-state index is 11.2. The minimum Gasteiger partial charge on any atom is -0.480 e. The molecule has 0 saturated heterocycles. The first-order valence-corrected chi connectivity index (χ1v) is 7.34. The molecule has 2 aromatic carbocycles. The van der Waals surface area contributed by atoms with E-state index in [1.54, 1.807) is 0 Å². The van der Waals surface area contributed by atoms with Crippen LogP contribution in [0.5, 0.6) is 11.5 Å². The summed E-state index contributed by atoms with van der Waals surface area (Å²) in [6.07, 6.45) is 0. The van der Waals surface area contributed by atoms with Crippen molar-refractivity contribution in [2.75, 3.05) is 0 Å². The highest BCUT2D eigenvalue weighted by molar-refractivity contribution is 5.73. The Morgan fingerprint density at radius 3 is 2.41 bits per heavy atom. The van der Waals surface area contributed by atoms with Gasteiger partial charge in [0, 0.05) is 6.54 Å². The number of ether oxygens (including phenoxy) is 1. The van der Waals surface area contributed by atoms with Crippen LogP contribution in [-0.2, 0) is 11.3 Å². The number of hydrogen-bond acceptors (Lipinski definition) is 3. The number of hydrogen-bond donors (Lipinski definition) is 2. The lowest BCUT2D eigenvalue weighted by Crippen LogP contribution is -2.40. The van der Waals surface area contributed by atoms with Gasteiger partial charge < -0.3 is 15.2 Å². The van der Waals surface area contributed by atoms with Crippen LogP contribution in [0.2, 0.25) is 0 Å². The number of nitrogens with one attached hydrogen (secondary N) is 1. The highest BCUT2D eigenvalue weighted by Crippen LogP contribution is 2.21. The molecule has 2 aromatic rings. The van der Waals surface area contributed by atoms with E-state index in [4.69, 9.17) is 4.74 Å². The quantitative estimate of drug-likeness (QED) is 0.819. The van der Waals surface area contributed by atoms with Crippen molar-refractivity contribution < 1.29 is 14.6 Å². The monoisotopic (exact) mass is 299 g/mol. The second kappa shape index (κ2) is 7.61. The summed E-state index contributed by atoms with van der Waals surface area (Å²) in [5.74, 6) is 0.716. The molecule has 116 valence electrons. The molecule has 22 heavy (non-hydrogen) atoms. The zero-order valence-corrected chi connectivity index (χ0v) is 12.8. The van der Waals surface area contributed by atoms with Crippen LogP contribution < -0.4 is 10.1 Å². The Morgan fingerprint density at radius 2 is 1.77 bits per heavy atom. The van der Waals surface area contributed by atoms with E-state index < -0.39 is 12.0 Å². The van der Waals surface area contributed by atoms with Crippen LogP contribution in [0.25, 0.3) is 0 Å². The van der Waals surface area contributed by atoms with Gasteiger partial charge >= 0.3 is 5.97 Å². The van der Waals surface area contributed by atoms with Crippen molar-refractivity contribution in [1.29, 1.82) is 0 Å². The molecule has 0 fully saturated rings. The Balaban J connectivity index is 2.01. The van der Waals surface area contributed by atoms with Crippen molar-refractivity contribution in [3.05, 3.63) is 60.2 Å². The zero-order chi connectivity index (χ0) is 15.9. The van der Waals surface area contributed by atoms with E-state index in [1.165, 1.54) is 0 Å². The first-order chi connectivity index (χ1) is 10.6. The number of carboxylic acids is 1. The lowest BCUT2D eigenvalue weighted by Gasteiger charge is -2.18. The van der Waals surface area contributed by atoms with Crippen LogP contribution >= 0.6 is 0 Å². The molecular weight excluding hydrogens is 278 g/mol. The van der Waals surface area contributed by atoms with E-state index in [0.29, 0.717) is 6.54 Å². The van der Waals surface area contributed by atoms with Gasteiger partial charge in [-0.3, -0.25) is 4.79 Å². The molecule has 0 aliphatic carbocycles. The fraction of sp³-hybridized carbons (Fsp3) is 0.278. The summed E-state index contributed by atoms with van der Waals surface area (Å²) in [7, 11) is 0.